The zero-order valence-corrected chi connectivity index (χ0v) is 8.05. The van der Waals surface area contributed by atoms with Crippen molar-refractivity contribution >= 4 is 0 Å². The third kappa shape index (κ3) is 1.61. The topological polar surface area (TPSA) is 52.0 Å². The molecular formula is C10H16N2O. The van der Waals surface area contributed by atoms with Crippen molar-refractivity contribution in [2.75, 3.05) is 6.54 Å². The number of aryl methyl sites for hydroxylation is 2. The Labute approximate surface area is 78.3 Å². The van der Waals surface area contributed by atoms with Crippen molar-refractivity contribution < 1.29 is 4.42 Å². The Balaban J connectivity index is 2.19. The van der Waals surface area contributed by atoms with Crippen LogP contribution in [0.5, 0.6) is 0 Å². The minimum atomic E-state index is 0.602. The first-order valence-corrected chi connectivity index (χ1v) is 5.01. The van der Waals surface area contributed by atoms with Gasteiger partial charge in [0.25, 0.3) is 0 Å². The monoisotopic (exact) mass is 180 g/mol. The van der Waals surface area contributed by atoms with E-state index in [1.807, 2.05) is 0 Å². The summed E-state index contributed by atoms with van der Waals surface area (Å²) >= 11 is 0. The highest BCUT2D eigenvalue weighted by Crippen LogP contribution is 2.25. The zero-order valence-electron chi connectivity index (χ0n) is 8.05. The van der Waals surface area contributed by atoms with Crippen LogP contribution in [0.15, 0.2) is 4.42 Å². The van der Waals surface area contributed by atoms with Crippen LogP contribution in [0.25, 0.3) is 0 Å². The Bertz CT molecular complexity index is 293. The SMILES string of the molecule is CCc1nc2c(o1)CC(CN)CC2. The fourth-order valence-electron chi connectivity index (χ4n) is 1.85. The number of nitrogens with two attached hydrogens (primary N) is 1. The maximum absolute atomic E-state index is 5.64. The Morgan fingerprint density at radius 2 is 2.46 bits per heavy atom. The molecule has 0 aliphatic heterocycles. The molecule has 1 atom stereocenters. The van der Waals surface area contributed by atoms with E-state index in [1.54, 1.807) is 0 Å². The van der Waals surface area contributed by atoms with Gasteiger partial charge in [-0.05, 0) is 25.3 Å². The molecule has 0 spiro atoms. The lowest BCUT2D eigenvalue weighted by Crippen LogP contribution is -2.21. The van der Waals surface area contributed by atoms with Gasteiger partial charge in [0, 0.05) is 12.8 Å². The average Bonchev–Trinajstić information content (AvgIpc) is 2.58. The fourth-order valence-corrected chi connectivity index (χ4v) is 1.85. The molecule has 0 amide bonds. The number of oxazole rings is 1. The van der Waals surface area contributed by atoms with Gasteiger partial charge in [-0.3, -0.25) is 0 Å². The van der Waals surface area contributed by atoms with E-state index in [0.29, 0.717) is 5.92 Å². The van der Waals surface area contributed by atoms with E-state index in [-0.39, 0.29) is 0 Å². The van der Waals surface area contributed by atoms with Crippen LogP contribution >= 0.6 is 0 Å². The summed E-state index contributed by atoms with van der Waals surface area (Å²) in [7, 11) is 0. The molecule has 0 radical (unpaired) electrons. The molecule has 1 aliphatic rings. The van der Waals surface area contributed by atoms with Gasteiger partial charge in [-0.15, -0.1) is 0 Å². The van der Waals surface area contributed by atoms with Gasteiger partial charge >= 0.3 is 0 Å². The standard InChI is InChI=1S/C10H16N2O/c1-2-10-12-8-4-3-7(6-11)5-9(8)13-10/h7H,2-6,11H2,1H3. The Hall–Kier alpha value is -0.830. The van der Waals surface area contributed by atoms with E-state index >= 15 is 0 Å². The maximum Gasteiger partial charge on any atom is 0.194 e. The number of nitrogens with zero attached hydrogens (tertiary/aromatic N) is 1. The van der Waals surface area contributed by atoms with E-state index in [4.69, 9.17) is 10.2 Å². The lowest BCUT2D eigenvalue weighted by molar-refractivity contribution is 0.384. The molecule has 1 aromatic rings. The highest BCUT2D eigenvalue weighted by Gasteiger charge is 2.22. The second kappa shape index (κ2) is 3.50. The summed E-state index contributed by atoms with van der Waals surface area (Å²) in [6, 6.07) is 0. The van der Waals surface area contributed by atoms with Crippen molar-refractivity contribution in [3.63, 3.8) is 0 Å². The molecule has 0 fully saturated rings. The summed E-state index contributed by atoms with van der Waals surface area (Å²) in [5, 5.41) is 0. The van der Waals surface area contributed by atoms with Gasteiger partial charge in [-0.1, -0.05) is 6.92 Å². The quantitative estimate of drug-likeness (QED) is 0.746. The molecule has 1 aromatic heterocycles. The molecule has 0 saturated heterocycles. The minimum absolute atomic E-state index is 0.602. The third-order valence-electron chi connectivity index (χ3n) is 2.72. The molecule has 1 unspecified atom stereocenters. The van der Waals surface area contributed by atoms with Crippen LogP contribution in [0.3, 0.4) is 0 Å². The lowest BCUT2D eigenvalue weighted by atomic mass is 9.91. The highest BCUT2D eigenvalue weighted by atomic mass is 16.4. The fraction of sp³-hybridized carbons (Fsp3) is 0.700. The van der Waals surface area contributed by atoms with Gasteiger partial charge in [0.2, 0.25) is 0 Å². The van der Waals surface area contributed by atoms with Gasteiger partial charge in [0.05, 0.1) is 5.69 Å². The summed E-state index contributed by atoms with van der Waals surface area (Å²) in [5.74, 6) is 2.56. The van der Waals surface area contributed by atoms with Crippen LogP contribution in [0.2, 0.25) is 0 Å². The normalized spacial score (nSPS) is 21.5. The zero-order chi connectivity index (χ0) is 9.26. The van der Waals surface area contributed by atoms with E-state index in [2.05, 4.69) is 11.9 Å². The first-order chi connectivity index (χ1) is 6.33. The molecule has 2 rings (SSSR count). The van der Waals surface area contributed by atoms with Crippen molar-refractivity contribution in [3.05, 3.63) is 17.3 Å². The van der Waals surface area contributed by atoms with Crippen molar-refractivity contribution in [2.24, 2.45) is 11.7 Å². The van der Waals surface area contributed by atoms with Gasteiger partial charge in [0.1, 0.15) is 5.76 Å². The number of rotatable bonds is 2. The molecule has 0 saturated carbocycles. The highest BCUT2D eigenvalue weighted by molar-refractivity contribution is 5.14. The molecule has 3 heteroatoms. The Morgan fingerprint density at radius 3 is 3.15 bits per heavy atom. The van der Waals surface area contributed by atoms with Gasteiger partial charge in [-0.2, -0.15) is 0 Å². The second-order valence-corrected chi connectivity index (χ2v) is 3.68. The Morgan fingerprint density at radius 1 is 1.62 bits per heavy atom. The van der Waals surface area contributed by atoms with Crippen molar-refractivity contribution in [2.45, 2.75) is 32.6 Å². The first kappa shape index (κ1) is 8.75. The van der Waals surface area contributed by atoms with Crippen LogP contribution in [-0.2, 0) is 19.3 Å². The predicted molar refractivity (Wildman–Crippen MR) is 50.5 cm³/mol. The molecule has 1 heterocycles. The first-order valence-electron chi connectivity index (χ1n) is 5.01. The Kier molecular flexibility index (Phi) is 2.36. The molecule has 72 valence electrons. The van der Waals surface area contributed by atoms with Gasteiger partial charge in [0.15, 0.2) is 5.89 Å². The minimum Gasteiger partial charge on any atom is -0.445 e. The summed E-state index contributed by atoms with van der Waals surface area (Å²) in [5.41, 5.74) is 6.81. The van der Waals surface area contributed by atoms with Crippen LogP contribution in [0.1, 0.15) is 30.7 Å². The van der Waals surface area contributed by atoms with E-state index in [1.165, 1.54) is 12.1 Å². The number of hydrogen-bond donors (Lipinski definition) is 1. The maximum atomic E-state index is 5.64. The number of fused-ring (bicyclic) bond motifs is 1. The van der Waals surface area contributed by atoms with E-state index in [0.717, 1.165) is 37.5 Å². The molecule has 13 heavy (non-hydrogen) atoms. The summed E-state index contributed by atoms with van der Waals surface area (Å²) < 4.78 is 5.62. The van der Waals surface area contributed by atoms with Crippen LogP contribution in [0, 0.1) is 5.92 Å². The molecule has 3 nitrogen and oxygen atoms in total. The smallest absolute Gasteiger partial charge is 0.194 e. The molecule has 1 aliphatic carbocycles. The van der Waals surface area contributed by atoms with Crippen molar-refractivity contribution in [3.8, 4) is 0 Å². The van der Waals surface area contributed by atoms with Crippen LogP contribution in [-0.4, -0.2) is 11.5 Å². The van der Waals surface area contributed by atoms with Crippen LogP contribution < -0.4 is 5.73 Å². The largest absolute Gasteiger partial charge is 0.445 e. The molecular weight excluding hydrogens is 164 g/mol. The molecule has 0 bridgehead atoms. The summed E-state index contributed by atoms with van der Waals surface area (Å²) in [4.78, 5) is 4.43. The lowest BCUT2D eigenvalue weighted by Gasteiger charge is -2.17. The van der Waals surface area contributed by atoms with Crippen molar-refractivity contribution in [1.82, 2.24) is 4.98 Å². The van der Waals surface area contributed by atoms with E-state index in [9.17, 15) is 0 Å². The molecule has 2 N–H and O–H groups in total. The van der Waals surface area contributed by atoms with E-state index < -0.39 is 0 Å². The second-order valence-electron chi connectivity index (χ2n) is 3.68. The number of hydrogen-bond acceptors (Lipinski definition) is 3. The van der Waals surface area contributed by atoms with Crippen LogP contribution in [0.4, 0.5) is 0 Å². The van der Waals surface area contributed by atoms with Crippen molar-refractivity contribution in [1.29, 1.82) is 0 Å². The van der Waals surface area contributed by atoms with Gasteiger partial charge in [-0.25, -0.2) is 4.98 Å². The summed E-state index contributed by atoms with van der Waals surface area (Å²) in [6.07, 6.45) is 4.08. The predicted octanol–water partition coefficient (Wildman–Crippen LogP) is 1.30. The molecule has 0 aromatic carbocycles. The number of aromatic nitrogens is 1. The summed E-state index contributed by atoms with van der Waals surface area (Å²) in [6.45, 7) is 2.83. The third-order valence-corrected chi connectivity index (χ3v) is 2.72. The average molecular weight is 180 g/mol. The van der Waals surface area contributed by atoms with Gasteiger partial charge < -0.3 is 10.2 Å².